The number of thiol groups is 1. The van der Waals surface area contributed by atoms with Crippen molar-refractivity contribution in [2.45, 2.75) is 35.0 Å². The number of nitrogens with one attached hydrogen (secondary N) is 2. The van der Waals surface area contributed by atoms with Crippen molar-refractivity contribution in [1.82, 2.24) is 20.2 Å². The van der Waals surface area contributed by atoms with Gasteiger partial charge in [-0.05, 0) is 18.6 Å². The van der Waals surface area contributed by atoms with Crippen LogP contribution in [0.2, 0.25) is 0 Å². The Morgan fingerprint density at radius 1 is 1.30 bits per heavy atom. The lowest BCUT2D eigenvalue weighted by Gasteiger charge is -2.16. The molecule has 2 amide bonds. The second kappa shape index (κ2) is 19.7. The van der Waals surface area contributed by atoms with E-state index in [2.05, 4.69) is 37.7 Å². The summed E-state index contributed by atoms with van der Waals surface area (Å²) in [5, 5.41) is 25.9. The fourth-order valence-electron chi connectivity index (χ4n) is 2.01. The number of aromatic nitrogens is 2. The maximum absolute atomic E-state index is 12.1. The van der Waals surface area contributed by atoms with Crippen LogP contribution in [0.15, 0.2) is 33.5 Å². The Morgan fingerprint density at radius 2 is 1.95 bits per heavy atom. The summed E-state index contributed by atoms with van der Waals surface area (Å²) in [6.45, 7) is 0.550. The first-order chi connectivity index (χ1) is 17.6. The van der Waals surface area contributed by atoms with E-state index in [1.165, 1.54) is 6.92 Å². The molecule has 1 unspecified atom stereocenters. The average Bonchev–Trinajstić information content (AvgIpc) is 3.29. The van der Waals surface area contributed by atoms with Gasteiger partial charge in [-0.1, -0.05) is 23.5 Å². The summed E-state index contributed by atoms with van der Waals surface area (Å²) in [7, 11) is 1.00. The van der Waals surface area contributed by atoms with Crippen molar-refractivity contribution in [1.29, 1.82) is 0 Å². The number of aliphatic hydroxyl groups is 1. The Kier molecular flexibility index (Phi) is 17.8. The van der Waals surface area contributed by atoms with Gasteiger partial charge in [0.25, 0.3) is 11.0 Å². The van der Waals surface area contributed by atoms with Crippen LogP contribution in [0, 0.1) is 10.1 Å². The van der Waals surface area contributed by atoms with E-state index in [1.54, 1.807) is 24.3 Å². The third-order valence-corrected chi connectivity index (χ3v) is 5.42. The molecule has 5 N–H and O–H groups in total. The zero-order chi connectivity index (χ0) is 28.2. The summed E-state index contributed by atoms with van der Waals surface area (Å²) in [6.07, 6.45) is 0.749. The molecule has 0 radical (unpaired) electrons. The maximum Gasteiger partial charge on any atom is 0.305 e. The SMILES string of the molecule is CC(=O)NC(COC(=O)CCCO[N+](=O)[O-])C(=O)NSc1nnc(N)s1.CO.O=Cc1ccc(S)cc1. The number of carbonyl (C=O) groups is 4. The molecule has 2 aromatic rings. The predicted octanol–water partition coefficient (Wildman–Crippen LogP) is 0.676. The van der Waals surface area contributed by atoms with E-state index in [0.29, 0.717) is 9.90 Å². The Bertz CT molecular complexity index is 1010. The van der Waals surface area contributed by atoms with Crippen molar-refractivity contribution < 1.29 is 38.9 Å². The van der Waals surface area contributed by atoms with Crippen LogP contribution in [0.5, 0.6) is 0 Å². The highest BCUT2D eigenvalue weighted by Crippen LogP contribution is 2.20. The number of carbonyl (C=O) groups excluding carboxylic acids is 4. The highest BCUT2D eigenvalue weighted by atomic mass is 32.2. The summed E-state index contributed by atoms with van der Waals surface area (Å²) >= 11 is 5.96. The molecule has 1 aromatic heterocycles. The van der Waals surface area contributed by atoms with E-state index in [4.69, 9.17) is 15.6 Å². The van der Waals surface area contributed by atoms with Crippen LogP contribution >= 0.6 is 35.9 Å². The number of rotatable bonds is 12. The van der Waals surface area contributed by atoms with Gasteiger partial charge in [-0.15, -0.1) is 32.9 Å². The Morgan fingerprint density at radius 3 is 2.46 bits per heavy atom. The number of nitrogens with two attached hydrogens (primary N) is 1. The number of hydrogen-bond acceptors (Lipinski definition) is 15. The van der Waals surface area contributed by atoms with Gasteiger partial charge < -0.3 is 25.7 Å². The number of anilines is 1. The molecule has 1 heterocycles. The van der Waals surface area contributed by atoms with Gasteiger partial charge in [0.05, 0.1) is 6.61 Å². The topological polar surface area (TPSA) is 226 Å². The van der Waals surface area contributed by atoms with Gasteiger partial charge in [0.1, 0.15) is 18.9 Å². The monoisotopic (exact) mass is 578 g/mol. The Balaban J connectivity index is 0.000000977. The molecule has 0 bridgehead atoms. The molecule has 37 heavy (non-hydrogen) atoms. The first kappa shape index (κ1) is 33.5. The number of ether oxygens (including phenoxy) is 1. The molecule has 0 aliphatic carbocycles. The molecule has 2 rings (SSSR count). The molecule has 0 aliphatic heterocycles. The van der Waals surface area contributed by atoms with Gasteiger partial charge in [-0.2, -0.15) is 0 Å². The van der Waals surface area contributed by atoms with Gasteiger partial charge in [0.2, 0.25) is 11.0 Å². The van der Waals surface area contributed by atoms with E-state index in [9.17, 15) is 29.3 Å². The minimum absolute atomic E-state index is 0.0745. The van der Waals surface area contributed by atoms with Crippen molar-refractivity contribution >= 4 is 65.1 Å². The summed E-state index contributed by atoms with van der Waals surface area (Å²) in [5.74, 6) is -1.81. The first-order valence-corrected chi connectivity index (χ1v) is 12.1. The lowest BCUT2D eigenvalue weighted by Crippen LogP contribution is -2.47. The average molecular weight is 579 g/mol. The highest BCUT2D eigenvalue weighted by molar-refractivity contribution is 7.99. The largest absolute Gasteiger partial charge is 0.463 e. The third kappa shape index (κ3) is 16.8. The molecule has 1 aromatic carbocycles. The maximum atomic E-state index is 12.1. The minimum Gasteiger partial charge on any atom is -0.463 e. The minimum atomic E-state index is -1.12. The van der Waals surface area contributed by atoms with E-state index in [1.807, 2.05) is 0 Å². The van der Waals surface area contributed by atoms with Crippen LogP contribution in [-0.4, -0.2) is 70.8 Å². The molecule has 18 heteroatoms. The Labute approximate surface area is 225 Å². The zero-order valence-electron chi connectivity index (χ0n) is 19.7. The van der Waals surface area contributed by atoms with E-state index >= 15 is 0 Å². The molecule has 0 spiro atoms. The van der Waals surface area contributed by atoms with Crippen molar-refractivity contribution in [2.75, 3.05) is 26.1 Å². The van der Waals surface area contributed by atoms with Crippen LogP contribution in [0.25, 0.3) is 0 Å². The standard InChI is InChI=1S/C11H16N6O7S2.C7H6OS.CH4O/c1-6(18)13-7(5-23-8(19)3-2-4-24-17(21)22)9(20)16-26-11-15-14-10(12)25-11;8-5-6-1-3-7(9)4-2-6;1-2/h7H,2-5H2,1H3,(H2,12,14)(H,13,18)(H,16,20);1-5,9H;2H,1H3. The van der Waals surface area contributed by atoms with Crippen LogP contribution in [-0.2, 0) is 24.0 Å². The summed E-state index contributed by atoms with van der Waals surface area (Å²) < 4.78 is 7.72. The van der Waals surface area contributed by atoms with E-state index < -0.39 is 35.5 Å². The van der Waals surface area contributed by atoms with Gasteiger partial charge in [0, 0.05) is 42.9 Å². The lowest BCUT2D eigenvalue weighted by molar-refractivity contribution is -0.757. The van der Waals surface area contributed by atoms with Gasteiger partial charge in [-0.25, -0.2) is 0 Å². The van der Waals surface area contributed by atoms with Crippen LogP contribution in [0.1, 0.15) is 30.1 Å². The second-order valence-corrected chi connectivity index (χ2v) is 8.86. The number of nitrogens with zero attached hydrogens (tertiary/aromatic N) is 3. The summed E-state index contributed by atoms with van der Waals surface area (Å²) in [6, 6.07) is 5.91. The molecule has 15 nitrogen and oxygen atoms in total. The molecule has 1 atom stereocenters. The molecule has 0 saturated carbocycles. The molecular weight excluding hydrogens is 552 g/mol. The number of amides is 2. The molecule has 0 fully saturated rings. The van der Waals surface area contributed by atoms with Crippen LogP contribution in [0.4, 0.5) is 5.13 Å². The number of hydrogen-bond donors (Lipinski definition) is 5. The fraction of sp³-hybridized carbons (Fsp3) is 0.368. The highest BCUT2D eigenvalue weighted by Gasteiger charge is 2.22. The Hall–Kier alpha value is -3.48. The number of aldehydes is 1. The number of benzene rings is 1. The predicted molar refractivity (Wildman–Crippen MR) is 136 cm³/mol. The van der Waals surface area contributed by atoms with E-state index in [-0.39, 0.29) is 24.6 Å². The van der Waals surface area contributed by atoms with Crippen molar-refractivity contribution in [2.24, 2.45) is 0 Å². The lowest BCUT2D eigenvalue weighted by atomic mass is 10.2. The molecule has 204 valence electrons. The van der Waals surface area contributed by atoms with Gasteiger partial charge in [0.15, 0.2) is 4.34 Å². The number of nitrogen functional groups attached to an aromatic ring is 1. The molecular formula is C19H26N6O9S3. The van der Waals surface area contributed by atoms with Gasteiger partial charge >= 0.3 is 5.97 Å². The number of esters is 1. The normalized spacial score (nSPS) is 10.3. The van der Waals surface area contributed by atoms with Crippen molar-refractivity contribution in [3.63, 3.8) is 0 Å². The summed E-state index contributed by atoms with van der Waals surface area (Å²) in [4.78, 5) is 59.8. The smallest absolute Gasteiger partial charge is 0.305 e. The third-order valence-electron chi connectivity index (χ3n) is 3.52. The first-order valence-electron chi connectivity index (χ1n) is 10.0. The summed E-state index contributed by atoms with van der Waals surface area (Å²) in [5.41, 5.74) is 6.10. The van der Waals surface area contributed by atoms with Crippen molar-refractivity contribution in [3.05, 3.63) is 39.9 Å². The van der Waals surface area contributed by atoms with Gasteiger partial charge in [-0.3, -0.25) is 23.9 Å². The molecule has 0 saturated heterocycles. The molecule has 0 aliphatic rings. The van der Waals surface area contributed by atoms with Crippen LogP contribution in [0.3, 0.4) is 0 Å². The zero-order valence-corrected chi connectivity index (χ0v) is 22.2. The number of aliphatic hydroxyl groups excluding tert-OH is 1. The fourth-order valence-corrected chi connectivity index (χ4v) is 3.46. The quantitative estimate of drug-likeness (QED) is 0.0444. The van der Waals surface area contributed by atoms with Crippen molar-refractivity contribution in [3.8, 4) is 0 Å². The second-order valence-electron chi connectivity index (χ2n) is 6.28. The van der Waals surface area contributed by atoms with Crippen LogP contribution < -0.4 is 15.8 Å². The van der Waals surface area contributed by atoms with E-state index in [0.717, 1.165) is 41.6 Å².